The van der Waals surface area contributed by atoms with E-state index in [0.29, 0.717) is 12.5 Å². The van der Waals surface area contributed by atoms with Gasteiger partial charge in [-0.15, -0.1) is 24.8 Å². The van der Waals surface area contributed by atoms with Crippen LogP contribution in [0.5, 0.6) is 0 Å². The van der Waals surface area contributed by atoms with E-state index in [2.05, 4.69) is 24.1 Å². The van der Waals surface area contributed by atoms with Crippen LogP contribution in [-0.2, 0) is 17.9 Å². The SMILES string of the molecule is CC(C)Cn1ccnc1CNC(=O)[C@@H](C)N.Cl.Cl. The number of carbonyl (C=O) groups is 1. The average molecular weight is 297 g/mol. The summed E-state index contributed by atoms with van der Waals surface area (Å²) in [5, 5.41) is 2.75. The Hall–Kier alpha value is -0.780. The topological polar surface area (TPSA) is 72.9 Å². The van der Waals surface area contributed by atoms with E-state index in [4.69, 9.17) is 5.73 Å². The first-order chi connectivity index (χ1) is 7.50. The zero-order valence-corrected chi connectivity index (χ0v) is 12.6. The summed E-state index contributed by atoms with van der Waals surface area (Å²) in [6, 6.07) is -0.478. The lowest BCUT2D eigenvalue weighted by atomic mass is 10.2. The Morgan fingerprint density at radius 3 is 2.56 bits per heavy atom. The van der Waals surface area contributed by atoms with E-state index in [1.54, 1.807) is 13.1 Å². The third-order valence-corrected chi connectivity index (χ3v) is 2.20. The van der Waals surface area contributed by atoms with Crippen molar-refractivity contribution in [1.82, 2.24) is 14.9 Å². The number of hydrogen-bond acceptors (Lipinski definition) is 3. The van der Waals surface area contributed by atoms with Crippen LogP contribution in [0.1, 0.15) is 26.6 Å². The molecule has 1 amide bonds. The number of halogens is 2. The highest BCUT2D eigenvalue weighted by Gasteiger charge is 2.09. The number of imidazole rings is 1. The molecule has 7 heteroatoms. The van der Waals surface area contributed by atoms with Crippen LogP contribution in [-0.4, -0.2) is 21.5 Å². The van der Waals surface area contributed by atoms with Gasteiger partial charge in [-0.25, -0.2) is 4.98 Å². The van der Waals surface area contributed by atoms with Gasteiger partial charge in [0, 0.05) is 18.9 Å². The largest absolute Gasteiger partial charge is 0.348 e. The maximum Gasteiger partial charge on any atom is 0.237 e. The number of carbonyl (C=O) groups excluding carboxylic acids is 1. The maximum absolute atomic E-state index is 11.3. The summed E-state index contributed by atoms with van der Waals surface area (Å²) in [6.07, 6.45) is 3.67. The van der Waals surface area contributed by atoms with Crippen molar-refractivity contribution in [3.05, 3.63) is 18.2 Å². The molecular formula is C11H22Cl2N4O. The second-order valence-electron chi connectivity index (χ2n) is 4.40. The van der Waals surface area contributed by atoms with E-state index in [9.17, 15) is 4.79 Å². The van der Waals surface area contributed by atoms with Crippen LogP contribution >= 0.6 is 24.8 Å². The number of aromatic nitrogens is 2. The molecule has 1 atom stereocenters. The molecule has 0 aliphatic carbocycles. The highest BCUT2D eigenvalue weighted by molar-refractivity contribution is 5.85. The lowest BCUT2D eigenvalue weighted by Crippen LogP contribution is -2.38. The smallest absolute Gasteiger partial charge is 0.237 e. The van der Waals surface area contributed by atoms with E-state index in [-0.39, 0.29) is 30.7 Å². The molecule has 1 aromatic rings. The van der Waals surface area contributed by atoms with E-state index < -0.39 is 6.04 Å². The Bertz CT molecular complexity index is 353. The van der Waals surface area contributed by atoms with Gasteiger partial charge in [0.1, 0.15) is 5.82 Å². The summed E-state index contributed by atoms with van der Waals surface area (Å²) < 4.78 is 2.05. The summed E-state index contributed by atoms with van der Waals surface area (Å²) in [5.74, 6) is 1.26. The molecule has 18 heavy (non-hydrogen) atoms. The summed E-state index contributed by atoms with van der Waals surface area (Å²) >= 11 is 0. The van der Waals surface area contributed by atoms with Crippen molar-refractivity contribution < 1.29 is 4.79 Å². The van der Waals surface area contributed by atoms with Gasteiger partial charge < -0.3 is 15.6 Å². The van der Waals surface area contributed by atoms with Crippen molar-refractivity contribution in [2.45, 2.75) is 39.9 Å². The molecule has 0 saturated carbocycles. The fraction of sp³-hybridized carbons (Fsp3) is 0.636. The highest BCUT2D eigenvalue weighted by Crippen LogP contribution is 2.03. The van der Waals surface area contributed by atoms with Crippen LogP contribution in [0.15, 0.2) is 12.4 Å². The molecule has 1 aromatic heterocycles. The van der Waals surface area contributed by atoms with Crippen molar-refractivity contribution in [2.75, 3.05) is 0 Å². The Balaban J connectivity index is 0. The molecule has 0 radical (unpaired) electrons. The number of nitrogens with two attached hydrogens (primary N) is 1. The minimum atomic E-state index is -0.478. The zero-order chi connectivity index (χ0) is 12.1. The first-order valence-corrected chi connectivity index (χ1v) is 5.54. The van der Waals surface area contributed by atoms with Crippen LogP contribution in [0.2, 0.25) is 0 Å². The Labute approximate surface area is 120 Å². The van der Waals surface area contributed by atoms with Gasteiger partial charge in [-0.05, 0) is 12.8 Å². The van der Waals surface area contributed by atoms with Crippen LogP contribution in [0, 0.1) is 5.92 Å². The maximum atomic E-state index is 11.3. The number of nitrogens with zero attached hydrogens (tertiary/aromatic N) is 2. The monoisotopic (exact) mass is 296 g/mol. The summed E-state index contributed by atoms with van der Waals surface area (Å²) in [7, 11) is 0. The Kier molecular flexibility index (Phi) is 9.99. The van der Waals surface area contributed by atoms with Crippen LogP contribution in [0.25, 0.3) is 0 Å². The van der Waals surface area contributed by atoms with Crippen molar-refractivity contribution in [1.29, 1.82) is 0 Å². The van der Waals surface area contributed by atoms with Gasteiger partial charge in [0.25, 0.3) is 0 Å². The minimum absolute atomic E-state index is 0. The van der Waals surface area contributed by atoms with Crippen molar-refractivity contribution in [3.63, 3.8) is 0 Å². The number of nitrogens with one attached hydrogen (secondary N) is 1. The normalized spacial score (nSPS) is 11.4. The van der Waals surface area contributed by atoms with Crippen LogP contribution in [0.3, 0.4) is 0 Å². The lowest BCUT2D eigenvalue weighted by Gasteiger charge is -2.11. The molecule has 0 bridgehead atoms. The van der Waals surface area contributed by atoms with Crippen molar-refractivity contribution in [3.8, 4) is 0 Å². The first kappa shape index (κ1) is 19.6. The first-order valence-electron chi connectivity index (χ1n) is 5.54. The van der Waals surface area contributed by atoms with Gasteiger partial charge in [0.05, 0.1) is 12.6 Å². The second-order valence-corrected chi connectivity index (χ2v) is 4.40. The Morgan fingerprint density at radius 1 is 1.44 bits per heavy atom. The molecule has 106 valence electrons. The van der Waals surface area contributed by atoms with Crippen LogP contribution < -0.4 is 11.1 Å². The summed E-state index contributed by atoms with van der Waals surface area (Å²) in [5.41, 5.74) is 5.45. The van der Waals surface area contributed by atoms with Crippen molar-refractivity contribution in [2.24, 2.45) is 11.7 Å². The predicted octanol–water partition coefficient (Wildman–Crippen LogP) is 1.35. The molecule has 0 aliphatic rings. The quantitative estimate of drug-likeness (QED) is 0.861. The van der Waals surface area contributed by atoms with E-state index in [1.165, 1.54) is 0 Å². The lowest BCUT2D eigenvalue weighted by molar-refractivity contribution is -0.122. The van der Waals surface area contributed by atoms with E-state index in [1.807, 2.05) is 10.8 Å². The molecule has 0 aliphatic heterocycles. The molecule has 0 fully saturated rings. The highest BCUT2D eigenvalue weighted by atomic mass is 35.5. The molecule has 0 saturated heterocycles. The van der Waals surface area contributed by atoms with Gasteiger partial charge >= 0.3 is 0 Å². The number of amides is 1. The second kappa shape index (κ2) is 9.19. The van der Waals surface area contributed by atoms with Gasteiger partial charge in [-0.2, -0.15) is 0 Å². The van der Waals surface area contributed by atoms with Crippen LogP contribution in [0.4, 0.5) is 0 Å². The fourth-order valence-corrected chi connectivity index (χ4v) is 1.39. The van der Waals surface area contributed by atoms with Crippen molar-refractivity contribution >= 4 is 30.7 Å². The summed E-state index contributed by atoms with van der Waals surface area (Å²) in [4.78, 5) is 15.5. The Morgan fingerprint density at radius 2 is 2.06 bits per heavy atom. The molecule has 5 nitrogen and oxygen atoms in total. The average Bonchev–Trinajstić information content (AvgIpc) is 2.60. The molecule has 0 unspecified atom stereocenters. The zero-order valence-electron chi connectivity index (χ0n) is 10.9. The molecule has 1 rings (SSSR count). The number of rotatable bonds is 5. The molecule has 0 spiro atoms. The van der Waals surface area contributed by atoms with Gasteiger partial charge in [0.2, 0.25) is 5.91 Å². The fourth-order valence-electron chi connectivity index (χ4n) is 1.39. The van der Waals surface area contributed by atoms with Gasteiger partial charge in [-0.1, -0.05) is 13.8 Å². The van der Waals surface area contributed by atoms with Gasteiger partial charge in [-0.3, -0.25) is 4.79 Å². The van der Waals surface area contributed by atoms with E-state index >= 15 is 0 Å². The minimum Gasteiger partial charge on any atom is -0.348 e. The molecular weight excluding hydrogens is 275 g/mol. The predicted molar refractivity (Wildman–Crippen MR) is 77.1 cm³/mol. The summed E-state index contributed by atoms with van der Waals surface area (Å²) in [6.45, 7) is 7.29. The number of hydrogen-bond donors (Lipinski definition) is 2. The molecule has 0 aromatic carbocycles. The van der Waals surface area contributed by atoms with E-state index in [0.717, 1.165) is 12.4 Å². The van der Waals surface area contributed by atoms with Gasteiger partial charge in [0.15, 0.2) is 0 Å². The third-order valence-electron chi connectivity index (χ3n) is 2.20. The molecule has 1 heterocycles. The standard InChI is InChI=1S/C11H20N4O.2ClH/c1-8(2)7-15-5-4-13-10(15)6-14-11(16)9(3)12;;/h4-5,8-9H,6-7,12H2,1-3H3,(H,14,16);2*1H/t9-;;/m1../s1. The third kappa shape index (κ3) is 6.23. The molecule has 3 N–H and O–H groups in total.